The smallest absolute Gasteiger partial charge is 0.336 e. The number of carbonyl (C=O) groups excluding carboxylic acids is 2. The van der Waals surface area contributed by atoms with Crippen LogP contribution >= 0.6 is 0 Å². The van der Waals surface area contributed by atoms with Crippen LogP contribution in [-0.4, -0.2) is 23.5 Å². The number of nitrogens with zero attached hydrogens (tertiary/aromatic N) is 3. The van der Waals surface area contributed by atoms with E-state index in [0.29, 0.717) is 35.5 Å². The Balaban J connectivity index is 2.04. The van der Waals surface area contributed by atoms with Gasteiger partial charge in [0.05, 0.1) is 28.6 Å². The van der Waals surface area contributed by atoms with Gasteiger partial charge in [-0.2, -0.15) is 5.26 Å². The molecule has 1 aliphatic heterocycles. The zero-order valence-electron chi connectivity index (χ0n) is 20.2. The second-order valence-electron chi connectivity index (χ2n) is 7.95. The van der Waals surface area contributed by atoms with Crippen LogP contribution in [0.3, 0.4) is 0 Å². The molecule has 2 aromatic rings. The van der Waals surface area contributed by atoms with Gasteiger partial charge in [-0.1, -0.05) is 44.2 Å². The van der Waals surface area contributed by atoms with E-state index in [4.69, 9.17) is 14.7 Å². The largest absolute Gasteiger partial charge is 0.461 e. The summed E-state index contributed by atoms with van der Waals surface area (Å²) in [5.41, 5.74) is 3.21. The maximum atomic E-state index is 13.3. The van der Waals surface area contributed by atoms with E-state index in [1.54, 1.807) is 17.0 Å². The lowest BCUT2D eigenvalue weighted by Crippen LogP contribution is -2.33. The Kier molecular flexibility index (Phi) is 8.95. The Morgan fingerprint density at radius 1 is 0.972 bits per heavy atom. The van der Waals surface area contributed by atoms with Crippen LogP contribution in [-0.2, 0) is 25.7 Å². The van der Waals surface area contributed by atoms with E-state index in [9.17, 15) is 19.7 Å². The van der Waals surface area contributed by atoms with Crippen molar-refractivity contribution in [3.05, 3.63) is 92.8 Å². The lowest BCUT2D eigenvalue weighted by molar-refractivity contribution is -0.384. The maximum Gasteiger partial charge on any atom is 0.336 e. The summed E-state index contributed by atoms with van der Waals surface area (Å²) in [4.78, 5) is 38.7. The molecule has 0 radical (unpaired) electrons. The molecule has 0 aliphatic carbocycles. The Bertz CT molecular complexity index is 1230. The van der Waals surface area contributed by atoms with Crippen molar-refractivity contribution < 1.29 is 24.0 Å². The lowest BCUT2D eigenvalue weighted by Gasteiger charge is -2.36. The highest BCUT2D eigenvalue weighted by atomic mass is 16.6. The molecule has 186 valence electrons. The van der Waals surface area contributed by atoms with Gasteiger partial charge in [0.25, 0.3) is 5.69 Å². The van der Waals surface area contributed by atoms with Crippen LogP contribution in [0.25, 0.3) is 0 Å². The molecule has 0 saturated carbocycles. The highest BCUT2D eigenvalue weighted by molar-refractivity contribution is 5.98. The second-order valence-corrected chi connectivity index (χ2v) is 7.95. The highest BCUT2D eigenvalue weighted by Crippen LogP contribution is 2.39. The number of allylic oxidation sites excluding steroid dienone is 2. The van der Waals surface area contributed by atoms with Gasteiger partial charge in [-0.3, -0.25) is 10.1 Å². The molecule has 0 atom stereocenters. The molecule has 0 bridgehead atoms. The molecule has 1 heterocycles. The fraction of sp³-hybridized carbons (Fsp3) is 0.296. The first-order chi connectivity index (χ1) is 17.4. The number of ether oxygens (including phenoxy) is 2. The normalized spacial score (nSPS) is 13.3. The Labute approximate surface area is 209 Å². The number of nitro groups is 1. The number of rotatable bonds is 10. The Morgan fingerprint density at radius 2 is 1.56 bits per heavy atom. The molecule has 3 rings (SSSR count). The van der Waals surface area contributed by atoms with Gasteiger partial charge in [0.15, 0.2) is 0 Å². The van der Waals surface area contributed by atoms with E-state index in [-0.39, 0.29) is 37.3 Å². The van der Waals surface area contributed by atoms with Crippen molar-refractivity contribution in [1.29, 1.82) is 5.26 Å². The van der Waals surface area contributed by atoms with E-state index in [0.717, 1.165) is 5.56 Å². The molecular weight excluding hydrogens is 462 g/mol. The summed E-state index contributed by atoms with van der Waals surface area (Å²) in [5.74, 6) is -1.17. The SMILES string of the molecule is CCC1=C(C(=O)OCCC#N)CC(C(=O)OCc2ccccc2)=C(CC)N1c1ccc([N+](=O)[O-])cc1. The molecule has 36 heavy (non-hydrogen) atoms. The highest BCUT2D eigenvalue weighted by Gasteiger charge is 2.34. The van der Waals surface area contributed by atoms with Crippen LogP contribution in [0.4, 0.5) is 11.4 Å². The summed E-state index contributed by atoms with van der Waals surface area (Å²) >= 11 is 0. The van der Waals surface area contributed by atoms with E-state index in [2.05, 4.69) is 0 Å². The van der Waals surface area contributed by atoms with Crippen LogP contribution in [0.1, 0.15) is 45.1 Å². The summed E-state index contributed by atoms with van der Waals surface area (Å²) in [5, 5.41) is 20.0. The fourth-order valence-corrected chi connectivity index (χ4v) is 4.06. The van der Waals surface area contributed by atoms with Gasteiger partial charge in [-0.05, 0) is 30.5 Å². The zero-order chi connectivity index (χ0) is 26.1. The number of carbonyl (C=O) groups is 2. The number of nitriles is 1. The minimum atomic E-state index is -0.613. The Hall–Kier alpha value is -4.45. The average Bonchev–Trinajstić information content (AvgIpc) is 2.91. The summed E-state index contributed by atoms with van der Waals surface area (Å²) in [6, 6.07) is 17.1. The van der Waals surface area contributed by atoms with Crippen LogP contribution in [0.2, 0.25) is 0 Å². The van der Waals surface area contributed by atoms with Crippen molar-refractivity contribution in [3.8, 4) is 6.07 Å². The summed E-state index contributed by atoms with van der Waals surface area (Å²) < 4.78 is 10.9. The van der Waals surface area contributed by atoms with Gasteiger partial charge in [-0.15, -0.1) is 0 Å². The molecule has 9 nitrogen and oxygen atoms in total. The predicted octanol–water partition coefficient (Wildman–Crippen LogP) is 5.33. The third-order valence-corrected chi connectivity index (χ3v) is 5.73. The molecule has 2 aromatic carbocycles. The minimum Gasteiger partial charge on any atom is -0.461 e. The monoisotopic (exact) mass is 489 g/mol. The van der Waals surface area contributed by atoms with Gasteiger partial charge >= 0.3 is 11.9 Å². The van der Waals surface area contributed by atoms with Crippen LogP contribution < -0.4 is 4.90 Å². The van der Waals surface area contributed by atoms with Crippen LogP contribution in [0.15, 0.2) is 77.1 Å². The number of esters is 2. The van der Waals surface area contributed by atoms with Crippen molar-refractivity contribution in [2.75, 3.05) is 11.5 Å². The first kappa shape index (κ1) is 26.2. The molecule has 0 spiro atoms. The summed E-state index contributed by atoms with van der Waals surface area (Å²) in [7, 11) is 0. The van der Waals surface area contributed by atoms with Gasteiger partial charge in [-0.25, -0.2) is 9.59 Å². The van der Waals surface area contributed by atoms with Crippen molar-refractivity contribution >= 4 is 23.3 Å². The van der Waals surface area contributed by atoms with Gasteiger partial charge in [0.2, 0.25) is 0 Å². The molecular formula is C27H27N3O6. The van der Waals surface area contributed by atoms with E-state index >= 15 is 0 Å². The number of benzene rings is 2. The second kappa shape index (κ2) is 12.3. The quantitative estimate of drug-likeness (QED) is 0.190. The third-order valence-electron chi connectivity index (χ3n) is 5.73. The maximum absolute atomic E-state index is 13.3. The summed E-state index contributed by atoms with van der Waals surface area (Å²) in [6.45, 7) is 3.78. The van der Waals surface area contributed by atoms with E-state index in [1.165, 1.54) is 12.1 Å². The minimum absolute atomic E-state index is 0.0227. The zero-order valence-corrected chi connectivity index (χ0v) is 20.2. The number of nitro benzene ring substituents is 1. The summed E-state index contributed by atoms with van der Waals surface area (Å²) in [6.07, 6.45) is 0.964. The lowest BCUT2D eigenvalue weighted by atomic mass is 9.92. The number of hydrogen-bond donors (Lipinski definition) is 0. The van der Waals surface area contributed by atoms with E-state index in [1.807, 2.05) is 50.2 Å². The first-order valence-corrected chi connectivity index (χ1v) is 11.6. The van der Waals surface area contributed by atoms with Gasteiger partial charge in [0.1, 0.15) is 13.2 Å². The average molecular weight is 490 g/mol. The van der Waals surface area contributed by atoms with Crippen LogP contribution in [0.5, 0.6) is 0 Å². The number of hydrogen-bond acceptors (Lipinski definition) is 8. The Morgan fingerprint density at radius 3 is 2.08 bits per heavy atom. The van der Waals surface area contributed by atoms with Crippen molar-refractivity contribution in [3.63, 3.8) is 0 Å². The fourth-order valence-electron chi connectivity index (χ4n) is 4.06. The van der Waals surface area contributed by atoms with Gasteiger partial charge < -0.3 is 14.4 Å². The molecule has 0 amide bonds. The van der Waals surface area contributed by atoms with Crippen molar-refractivity contribution in [2.45, 2.75) is 46.1 Å². The predicted molar refractivity (Wildman–Crippen MR) is 132 cm³/mol. The number of anilines is 1. The van der Waals surface area contributed by atoms with Crippen molar-refractivity contribution in [2.24, 2.45) is 0 Å². The molecule has 0 fully saturated rings. The molecule has 0 unspecified atom stereocenters. The topological polar surface area (TPSA) is 123 Å². The molecule has 0 N–H and O–H groups in total. The third kappa shape index (κ3) is 5.96. The van der Waals surface area contributed by atoms with Crippen LogP contribution in [0, 0.1) is 21.4 Å². The first-order valence-electron chi connectivity index (χ1n) is 11.6. The molecule has 0 aromatic heterocycles. The molecule has 1 aliphatic rings. The van der Waals surface area contributed by atoms with Crippen molar-refractivity contribution in [1.82, 2.24) is 0 Å². The van der Waals surface area contributed by atoms with E-state index < -0.39 is 16.9 Å². The number of non-ortho nitro benzene ring substituents is 1. The molecule has 0 saturated heterocycles. The molecule has 9 heteroatoms. The van der Waals surface area contributed by atoms with Gasteiger partial charge in [0, 0.05) is 35.6 Å². The standard InChI is InChI=1S/C27H27N3O6/c1-3-24-22(26(31)35-16-8-15-28)17-23(27(32)36-18-19-9-6-5-7-10-19)25(4-2)29(24)20-11-13-21(14-12-20)30(33)34/h5-7,9-14H,3-4,8,16-18H2,1-2H3.